The first-order chi connectivity index (χ1) is 33.8. The number of benzene rings is 11. The Kier molecular flexibility index (Phi) is 8.50. The van der Waals surface area contributed by atoms with E-state index >= 15 is 0 Å². The fourth-order valence-electron chi connectivity index (χ4n) is 11.7. The lowest BCUT2D eigenvalue weighted by Crippen LogP contribution is -2.36. The molecule has 0 N–H and O–H groups in total. The zero-order chi connectivity index (χ0) is 44.8. The highest BCUT2D eigenvalue weighted by molar-refractivity contribution is 6.11. The van der Waals surface area contributed by atoms with Gasteiger partial charge in [0, 0.05) is 44.4 Å². The van der Waals surface area contributed by atoms with E-state index in [1.54, 1.807) is 0 Å². The summed E-state index contributed by atoms with van der Waals surface area (Å²) in [6, 6.07) is 93.0. The lowest BCUT2D eigenvalue weighted by Gasteiger charge is -2.45. The number of fused-ring (bicyclic) bond motifs is 11. The van der Waals surface area contributed by atoms with Crippen LogP contribution in [0.4, 0.5) is 17.1 Å². The second kappa shape index (κ2) is 15.1. The van der Waals surface area contributed by atoms with Gasteiger partial charge in [0.05, 0.1) is 27.8 Å². The van der Waals surface area contributed by atoms with E-state index in [0.29, 0.717) is 0 Å². The molecule has 0 fully saturated rings. The Morgan fingerprint density at radius 2 is 0.926 bits per heavy atom. The van der Waals surface area contributed by atoms with E-state index in [9.17, 15) is 0 Å². The van der Waals surface area contributed by atoms with Crippen molar-refractivity contribution in [2.45, 2.75) is 5.41 Å². The first-order valence-corrected chi connectivity index (χ1v) is 23.4. The average Bonchev–Trinajstić information content (AvgIpc) is 3.74. The first kappa shape index (κ1) is 38.4. The summed E-state index contributed by atoms with van der Waals surface area (Å²) in [5.41, 5.74) is 17.8. The maximum atomic E-state index is 7.02. The van der Waals surface area contributed by atoms with Gasteiger partial charge in [-0.3, -0.25) is 0 Å². The average molecular weight is 867 g/mol. The van der Waals surface area contributed by atoms with E-state index in [1.165, 1.54) is 54.9 Å². The highest BCUT2D eigenvalue weighted by Gasteiger charge is 2.49. The molecule has 1 atom stereocenters. The Bertz CT molecular complexity index is 3960. The van der Waals surface area contributed by atoms with E-state index in [2.05, 4.69) is 264 Å². The molecule has 0 saturated carbocycles. The number of anilines is 3. The number of ether oxygens (including phenoxy) is 1. The zero-order valence-electron chi connectivity index (χ0n) is 37.1. The van der Waals surface area contributed by atoms with Crippen molar-refractivity contribution in [1.82, 2.24) is 4.57 Å². The SMILES string of the molecule is c1ccc(-c2ccccc2N(c2ccc3c(c2)C2(c4ccccc4O3)c3ccccc3-c3cccc4cccc2c34)c2ccc3c4ccccc4n(-c4ccccc4-c4ccccc4)c3c2)cc1. The summed E-state index contributed by atoms with van der Waals surface area (Å²) in [5.74, 6) is 1.72. The molecule has 0 saturated heterocycles. The molecule has 1 spiro atoms. The minimum absolute atomic E-state index is 0.688. The fourth-order valence-corrected chi connectivity index (χ4v) is 11.7. The summed E-state index contributed by atoms with van der Waals surface area (Å²) >= 11 is 0. The molecular weight excluding hydrogens is 825 g/mol. The predicted molar refractivity (Wildman–Crippen MR) is 281 cm³/mol. The van der Waals surface area contributed by atoms with Gasteiger partial charge in [0.25, 0.3) is 0 Å². The summed E-state index contributed by atoms with van der Waals surface area (Å²) < 4.78 is 9.48. The fraction of sp³-hybridized carbons (Fsp3) is 0.0154. The van der Waals surface area contributed by atoms with Crippen LogP contribution >= 0.6 is 0 Å². The van der Waals surface area contributed by atoms with Gasteiger partial charge in [-0.05, 0) is 98.8 Å². The molecule has 68 heavy (non-hydrogen) atoms. The van der Waals surface area contributed by atoms with Crippen molar-refractivity contribution in [2.75, 3.05) is 4.90 Å². The van der Waals surface area contributed by atoms with Crippen LogP contribution in [0.15, 0.2) is 255 Å². The monoisotopic (exact) mass is 866 g/mol. The molecule has 318 valence electrons. The number of hydrogen-bond donors (Lipinski definition) is 0. The smallest absolute Gasteiger partial charge is 0.132 e. The molecular formula is C65H42N2O. The molecule has 0 amide bonds. The lowest BCUT2D eigenvalue weighted by atomic mass is 9.58. The number of nitrogens with zero attached hydrogens (tertiary/aromatic N) is 2. The molecule has 1 aromatic heterocycles. The van der Waals surface area contributed by atoms with E-state index < -0.39 is 5.41 Å². The Morgan fingerprint density at radius 3 is 1.76 bits per heavy atom. The van der Waals surface area contributed by atoms with Gasteiger partial charge in [-0.25, -0.2) is 0 Å². The summed E-state index contributed by atoms with van der Waals surface area (Å²) in [7, 11) is 0. The molecule has 12 aromatic rings. The van der Waals surface area contributed by atoms with Gasteiger partial charge in [-0.1, -0.05) is 200 Å². The number of hydrogen-bond acceptors (Lipinski definition) is 2. The van der Waals surface area contributed by atoms with E-state index in [0.717, 1.165) is 67.5 Å². The van der Waals surface area contributed by atoms with Crippen molar-refractivity contribution in [1.29, 1.82) is 0 Å². The minimum Gasteiger partial charge on any atom is -0.457 e. The summed E-state index contributed by atoms with van der Waals surface area (Å²) in [4.78, 5) is 2.46. The Morgan fingerprint density at radius 1 is 0.353 bits per heavy atom. The van der Waals surface area contributed by atoms with Gasteiger partial charge in [0.1, 0.15) is 11.5 Å². The second-order valence-corrected chi connectivity index (χ2v) is 17.9. The van der Waals surface area contributed by atoms with Crippen LogP contribution in [-0.4, -0.2) is 4.57 Å². The molecule has 11 aromatic carbocycles. The molecule has 2 heterocycles. The maximum absolute atomic E-state index is 7.02. The lowest BCUT2D eigenvalue weighted by molar-refractivity contribution is 0.435. The molecule has 0 radical (unpaired) electrons. The van der Waals surface area contributed by atoms with Crippen LogP contribution in [0.2, 0.25) is 0 Å². The van der Waals surface area contributed by atoms with Crippen molar-refractivity contribution in [2.24, 2.45) is 0 Å². The standard InChI is InChI=1S/C65H42N2O/c1-3-19-43(20-4-1)48-25-8-13-33-58(48)66(47-37-39-52-51-28-10-15-35-60(51)67(61(52)42-47)59-34-14-9-26-49(59)44-21-5-2-6-22-44)46-38-40-63-57(41-46)65(55-31-12-16-36-62(55)68-63)54-30-11-7-27-50(54)53-29-17-23-45-24-18-32-56(65)64(45)53/h1-42H. The molecule has 1 aliphatic heterocycles. The van der Waals surface area contributed by atoms with E-state index in [4.69, 9.17) is 4.74 Å². The van der Waals surface area contributed by atoms with Gasteiger partial charge in [-0.2, -0.15) is 0 Å². The Hall–Kier alpha value is -8.92. The third kappa shape index (κ3) is 5.54. The van der Waals surface area contributed by atoms with Gasteiger partial charge in [-0.15, -0.1) is 0 Å². The normalized spacial score (nSPS) is 14.4. The first-order valence-electron chi connectivity index (χ1n) is 23.4. The van der Waals surface area contributed by atoms with Crippen LogP contribution in [0.3, 0.4) is 0 Å². The van der Waals surface area contributed by atoms with Gasteiger partial charge < -0.3 is 14.2 Å². The van der Waals surface area contributed by atoms with Crippen LogP contribution in [0, 0.1) is 0 Å². The van der Waals surface area contributed by atoms with Crippen LogP contribution in [0.25, 0.3) is 71.6 Å². The van der Waals surface area contributed by atoms with Gasteiger partial charge in [0.2, 0.25) is 0 Å². The molecule has 0 bridgehead atoms. The minimum atomic E-state index is -0.688. The molecule has 14 rings (SSSR count). The third-order valence-electron chi connectivity index (χ3n) is 14.4. The second-order valence-electron chi connectivity index (χ2n) is 17.9. The molecule has 2 aliphatic rings. The molecule has 1 aliphatic carbocycles. The van der Waals surface area contributed by atoms with Crippen molar-refractivity contribution in [3.63, 3.8) is 0 Å². The number of aromatic nitrogens is 1. The molecule has 1 unspecified atom stereocenters. The molecule has 3 heteroatoms. The van der Waals surface area contributed by atoms with Crippen LogP contribution in [0.5, 0.6) is 11.5 Å². The maximum Gasteiger partial charge on any atom is 0.132 e. The highest BCUT2D eigenvalue weighted by atomic mass is 16.5. The van der Waals surface area contributed by atoms with Gasteiger partial charge >= 0.3 is 0 Å². The topological polar surface area (TPSA) is 17.4 Å². The largest absolute Gasteiger partial charge is 0.457 e. The summed E-state index contributed by atoms with van der Waals surface area (Å²) in [6.07, 6.45) is 0. The van der Waals surface area contributed by atoms with Crippen molar-refractivity contribution in [3.8, 4) is 50.6 Å². The number of rotatable bonds is 6. The van der Waals surface area contributed by atoms with Crippen LogP contribution in [-0.2, 0) is 5.41 Å². The molecule has 3 nitrogen and oxygen atoms in total. The number of para-hydroxylation sites is 4. The third-order valence-corrected chi connectivity index (χ3v) is 14.4. The highest BCUT2D eigenvalue weighted by Crippen LogP contribution is 2.62. The Balaban J connectivity index is 1.07. The summed E-state index contributed by atoms with van der Waals surface area (Å²) in [5, 5.41) is 4.92. The summed E-state index contributed by atoms with van der Waals surface area (Å²) in [6.45, 7) is 0. The van der Waals surface area contributed by atoms with Gasteiger partial charge in [0.15, 0.2) is 0 Å². The van der Waals surface area contributed by atoms with E-state index in [1.807, 2.05) is 0 Å². The van der Waals surface area contributed by atoms with E-state index in [-0.39, 0.29) is 0 Å². The van der Waals surface area contributed by atoms with Crippen molar-refractivity contribution >= 4 is 49.6 Å². The zero-order valence-corrected chi connectivity index (χ0v) is 37.1. The van der Waals surface area contributed by atoms with Crippen molar-refractivity contribution in [3.05, 3.63) is 277 Å². The van der Waals surface area contributed by atoms with Crippen LogP contribution in [0.1, 0.15) is 22.3 Å². The predicted octanol–water partition coefficient (Wildman–Crippen LogP) is 17.2. The quantitative estimate of drug-likeness (QED) is 0.166. The Labute approximate surface area is 395 Å². The van der Waals surface area contributed by atoms with Crippen LogP contribution < -0.4 is 9.64 Å². The van der Waals surface area contributed by atoms with Crippen molar-refractivity contribution < 1.29 is 4.74 Å².